The van der Waals surface area contributed by atoms with Crippen LogP contribution in [0, 0.1) is 5.92 Å². The molecule has 54 valence electrons. The molecule has 0 N–H and O–H groups in total. The van der Waals surface area contributed by atoms with E-state index in [0.29, 0.717) is 0 Å². The predicted octanol–water partition coefficient (Wildman–Crippen LogP) is 1.42. The molecule has 0 aromatic heterocycles. The zero-order chi connectivity index (χ0) is 7.44. The second-order valence-electron chi connectivity index (χ2n) is 1.99. The fraction of sp³-hybridized carbons (Fsp3) is 0.833. The highest BCUT2D eigenvalue weighted by molar-refractivity contribution is 6.21. The van der Waals surface area contributed by atoms with E-state index in [9.17, 15) is 4.79 Å². The van der Waals surface area contributed by atoms with Gasteiger partial charge in [0.2, 0.25) is 0 Å². The Kier molecular flexibility index (Phi) is 3.62. The van der Waals surface area contributed by atoms with Gasteiger partial charge in [0.05, 0.1) is 13.0 Å². The van der Waals surface area contributed by atoms with Crippen molar-refractivity contribution in [2.24, 2.45) is 5.92 Å². The maximum Gasteiger partial charge on any atom is 0.309 e. The maximum absolute atomic E-state index is 10.6. The highest BCUT2D eigenvalue weighted by Crippen LogP contribution is 2.09. The molecule has 0 aliphatic heterocycles. The molecule has 0 heterocycles. The SMILES string of the molecule is COC(=O)[C@@H](C)C(C)Cl. The van der Waals surface area contributed by atoms with Crippen LogP contribution in [0.25, 0.3) is 0 Å². The van der Waals surface area contributed by atoms with E-state index in [0.717, 1.165) is 0 Å². The van der Waals surface area contributed by atoms with E-state index < -0.39 is 0 Å². The third-order valence-electron chi connectivity index (χ3n) is 1.26. The minimum absolute atomic E-state index is 0.155. The van der Waals surface area contributed by atoms with E-state index in [-0.39, 0.29) is 17.3 Å². The van der Waals surface area contributed by atoms with Crippen molar-refractivity contribution in [1.82, 2.24) is 0 Å². The number of hydrogen-bond acceptors (Lipinski definition) is 2. The van der Waals surface area contributed by atoms with E-state index in [1.807, 2.05) is 0 Å². The van der Waals surface area contributed by atoms with Gasteiger partial charge in [-0.2, -0.15) is 0 Å². The Hall–Kier alpha value is -0.240. The van der Waals surface area contributed by atoms with E-state index in [1.165, 1.54) is 7.11 Å². The topological polar surface area (TPSA) is 26.3 Å². The van der Waals surface area contributed by atoms with E-state index >= 15 is 0 Å². The summed E-state index contributed by atoms with van der Waals surface area (Å²) < 4.78 is 4.45. The molecule has 0 amide bonds. The Labute approximate surface area is 60.1 Å². The molecule has 0 aromatic rings. The molecule has 9 heavy (non-hydrogen) atoms. The molecule has 0 saturated carbocycles. The number of ether oxygens (including phenoxy) is 1. The third-order valence-corrected chi connectivity index (χ3v) is 1.64. The lowest BCUT2D eigenvalue weighted by molar-refractivity contribution is -0.144. The highest BCUT2D eigenvalue weighted by atomic mass is 35.5. The van der Waals surface area contributed by atoms with Gasteiger partial charge in [-0.25, -0.2) is 0 Å². The first-order valence-electron chi connectivity index (χ1n) is 2.81. The second-order valence-corrected chi connectivity index (χ2v) is 2.68. The summed E-state index contributed by atoms with van der Waals surface area (Å²) in [5.41, 5.74) is 0. The van der Waals surface area contributed by atoms with Crippen LogP contribution in [0.4, 0.5) is 0 Å². The molecule has 2 nitrogen and oxygen atoms in total. The first-order valence-corrected chi connectivity index (χ1v) is 3.25. The second kappa shape index (κ2) is 3.72. The molecule has 0 aromatic carbocycles. The summed E-state index contributed by atoms with van der Waals surface area (Å²) in [6.45, 7) is 3.51. The van der Waals surface area contributed by atoms with Gasteiger partial charge in [-0.3, -0.25) is 4.79 Å². The molecule has 0 bridgehead atoms. The Morgan fingerprint density at radius 3 is 2.11 bits per heavy atom. The molecule has 1 unspecified atom stereocenters. The average Bonchev–Trinajstić information content (AvgIpc) is 1.84. The predicted molar refractivity (Wildman–Crippen MR) is 36.5 cm³/mol. The standard InChI is InChI=1S/C6H11ClO2/c1-4(5(2)7)6(8)9-3/h4-5H,1-3H3/t4-,5?/m0/s1. The van der Waals surface area contributed by atoms with Gasteiger partial charge in [0.25, 0.3) is 0 Å². The minimum Gasteiger partial charge on any atom is -0.469 e. The van der Waals surface area contributed by atoms with Gasteiger partial charge in [0, 0.05) is 5.38 Å². The molecule has 0 aliphatic rings. The molecular weight excluding hydrogens is 140 g/mol. The van der Waals surface area contributed by atoms with Crippen molar-refractivity contribution < 1.29 is 9.53 Å². The first-order chi connectivity index (χ1) is 4.09. The fourth-order valence-electron chi connectivity index (χ4n) is 0.373. The maximum atomic E-state index is 10.6. The smallest absolute Gasteiger partial charge is 0.309 e. The molecule has 0 fully saturated rings. The number of carbonyl (C=O) groups is 1. The van der Waals surface area contributed by atoms with Crippen molar-refractivity contribution >= 4 is 17.6 Å². The van der Waals surface area contributed by atoms with Gasteiger partial charge in [-0.15, -0.1) is 11.6 Å². The largest absolute Gasteiger partial charge is 0.469 e. The van der Waals surface area contributed by atoms with E-state index in [1.54, 1.807) is 13.8 Å². The number of rotatable bonds is 2. The molecule has 0 rings (SSSR count). The monoisotopic (exact) mass is 150 g/mol. The molecule has 0 radical (unpaired) electrons. The number of methoxy groups -OCH3 is 1. The van der Waals surface area contributed by atoms with E-state index in [2.05, 4.69) is 4.74 Å². The third kappa shape index (κ3) is 2.70. The summed E-state index contributed by atoms with van der Waals surface area (Å²) in [5, 5.41) is -0.155. The molecule has 0 spiro atoms. The summed E-state index contributed by atoms with van der Waals surface area (Å²) in [5.74, 6) is -0.464. The quantitative estimate of drug-likeness (QED) is 0.440. The highest BCUT2D eigenvalue weighted by Gasteiger charge is 2.17. The van der Waals surface area contributed by atoms with Crippen molar-refractivity contribution in [3.63, 3.8) is 0 Å². The number of alkyl halides is 1. The van der Waals surface area contributed by atoms with Gasteiger partial charge in [-0.1, -0.05) is 6.92 Å². The van der Waals surface area contributed by atoms with Crippen molar-refractivity contribution in [2.45, 2.75) is 19.2 Å². The van der Waals surface area contributed by atoms with Crippen molar-refractivity contribution in [2.75, 3.05) is 7.11 Å². The van der Waals surface area contributed by atoms with Crippen LogP contribution in [-0.2, 0) is 9.53 Å². The van der Waals surface area contributed by atoms with Crippen LogP contribution in [0.1, 0.15) is 13.8 Å². The van der Waals surface area contributed by atoms with Crippen LogP contribution in [0.5, 0.6) is 0 Å². The lowest BCUT2D eigenvalue weighted by Crippen LogP contribution is -2.19. The van der Waals surface area contributed by atoms with Gasteiger partial charge in [-0.05, 0) is 6.92 Å². The summed E-state index contributed by atoms with van der Waals surface area (Å²) in [4.78, 5) is 10.6. The van der Waals surface area contributed by atoms with Gasteiger partial charge in [0.15, 0.2) is 0 Å². The minimum atomic E-state index is -0.252. The van der Waals surface area contributed by atoms with Crippen LogP contribution in [-0.4, -0.2) is 18.5 Å². The normalized spacial score (nSPS) is 16.4. The first kappa shape index (κ1) is 8.76. The zero-order valence-corrected chi connectivity index (χ0v) is 6.61. The van der Waals surface area contributed by atoms with Crippen LogP contribution >= 0.6 is 11.6 Å². The molecule has 3 heteroatoms. The Morgan fingerprint density at radius 2 is 2.00 bits per heavy atom. The molecule has 0 saturated heterocycles. The number of hydrogen-bond donors (Lipinski definition) is 0. The Bertz CT molecular complexity index is 101. The summed E-state index contributed by atoms with van der Waals surface area (Å²) in [7, 11) is 1.36. The van der Waals surface area contributed by atoms with Crippen molar-refractivity contribution in [3.05, 3.63) is 0 Å². The van der Waals surface area contributed by atoms with Crippen LogP contribution in [0.2, 0.25) is 0 Å². The fourth-order valence-corrected chi connectivity index (χ4v) is 0.476. The zero-order valence-electron chi connectivity index (χ0n) is 5.85. The Morgan fingerprint density at radius 1 is 1.56 bits per heavy atom. The van der Waals surface area contributed by atoms with Gasteiger partial charge >= 0.3 is 5.97 Å². The van der Waals surface area contributed by atoms with Crippen LogP contribution in [0.3, 0.4) is 0 Å². The molecule has 2 atom stereocenters. The lowest BCUT2D eigenvalue weighted by Gasteiger charge is -2.09. The van der Waals surface area contributed by atoms with Crippen molar-refractivity contribution in [1.29, 1.82) is 0 Å². The summed E-state index contributed by atoms with van der Waals surface area (Å²) in [6.07, 6.45) is 0. The van der Waals surface area contributed by atoms with Crippen molar-refractivity contribution in [3.8, 4) is 0 Å². The summed E-state index contributed by atoms with van der Waals surface area (Å²) >= 11 is 5.60. The van der Waals surface area contributed by atoms with Gasteiger partial charge < -0.3 is 4.74 Å². The average molecular weight is 151 g/mol. The van der Waals surface area contributed by atoms with Crippen LogP contribution in [0.15, 0.2) is 0 Å². The molecule has 0 aliphatic carbocycles. The number of esters is 1. The Balaban J connectivity index is 3.72. The molecular formula is C6H11ClO2. The summed E-state index contributed by atoms with van der Waals surface area (Å²) in [6, 6.07) is 0. The number of halogens is 1. The van der Waals surface area contributed by atoms with Gasteiger partial charge in [0.1, 0.15) is 0 Å². The number of carbonyl (C=O) groups excluding carboxylic acids is 1. The van der Waals surface area contributed by atoms with E-state index in [4.69, 9.17) is 11.6 Å². The van der Waals surface area contributed by atoms with Crippen LogP contribution < -0.4 is 0 Å². The lowest BCUT2D eigenvalue weighted by atomic mass is 10.1.